The Kier molecular flexibility index (Phi) is 19.7. The molecule has 0 aromatic heterocycles. The summed E-state index contributed by atoms with van der Waals surface area (Å²) < 4.78 is 0. The van der Waals surface area contributed by atoms with Crippen molar-refractivity contribution >= 4 is 48.1 Å². The van der Waals surface area contributed by atoms with E-state index < -0.39 is 20.8 Å². The summed E-state index contributed by atoms with van der Waals surface area (Å²) >= 11 is -0.826. The Bertz CT molecular complexity index is 1830. The SMILES string of the molecule is CCC[Si]C.CCc1ccc(-c2cccc3[cH-]c(CC4CCCCC4)cc23)cc1.CCc1ccc(-c2cccc3[cH-]c(CC4CCCCC4)cc23)cc1.[Cl][Zr+2][Cl]. The van der Waals surface area contributed by atoms with Crippen LogP contribution in [-0.4, -0.2) is 9.52 Å². The molecule has 4 heteroatoms. The van der Waals surface area contributed by atoms with Crippen LogP contribution >= 0.6 is 17.0 Å². The summed E-state index contributed by atoms with van der Waals surface area (Å²) in [7, 11) is 11.0. The van der Waals surface area contributed by atoms with Gasteiger partial charge in [-0.1, -0.05) is 176 Å². The molecular formula is C52H64Cl2SiZr. The van der Waals surface area contributed by atoms with E-state index in [0.29, 0.717) is 0 Å². The third kappa shape index (κ3) is 13.4. The van der Waals surface area contributed by atoms with Crippen LogP contribution in [0.3, 0.4) is 0 Å². The third-order valence-electron chi connectivity index (χ3n) is 12.0. The summed E-state index contributed by atoms with van der Waals surface area (Å²) in [5.41, 5.74) is 11.3. The van der Waals surface area contributed by atoms with Crippen LogP contribution in [0.15, 0.2) is 109 Å². The van der Waals surface area contributed by atoms with Gasteiger partial charge in [-0.3, -0.25) is 0 Å². The summed E-state index contributed by atoms with van der Waals surface area (Å²) in [6.07, 6.45) is 20.4. The van der Waals surface area contributed by atoms with Gasteiger partial charge in [-0.2, -0.15) is 12.1 Å². The Labute approximate surface area is 361 Å². The van der Waals surface area contributed by atoms with E-state index in [2.05, 4.69) is 137 Å². The zero-order valence-corrected chi connectivity index (χ0v) is 39.6. The van der Waals surface area contributed by atoms with E-state index in [4.69, 9.17) is 17.0 Å². The molecule has 2 aliphatic rings. The fraction of sp³-hybridized carbons (Fsp3) is 0.423. The zero-order chi connectivity index (χ0) is 39.5. The van der Waals surface area contributed by atoms with Crippen molar-refractivity contribution in [1.29, 1.82) is 0 Å². The van der Waals surface area contributed by atoms with Crippen molar-refractivity contribution in [2.24, 2.45) is 11.8 Å². The monoisotopic (exact) mass is 876 g/mol. The molecule has 56 heavy (non-hydrogen) atoms. The first-order valence-electron chi connectivity index (χ1n) is 21.7. The van der Waals surface area contributed by atoms with Gasteiger partial charge in [-0.25, -0.2) is 0 Å². The first-order chi connectivity index (χ1) is 27.5. The van der Waals surface area contributed by atoms with E-state index in [1.807, 2.05) is 0 Å². The Hall–Kier alpha value is -2.22. The van der Waals surface area contributed by atoms with Crippen LogP contribution in [0.4, 0.5) is 0 Å². The van der Waals surface area contributed by atoms with E-state index in [9.17, 15) is 0 Å². The van der Waals surface area contributed by atoms with Crippen LogP contribution in [-0.2, 0) is 46.5 Å². The number of halogens is 2. The van der Waals surface area contributed by atoms with E-state index in [-0.39, 0.29) is 0 Å². The zero-order valence-electron chi connectivity index (χ0n) is 34.6. The molecule has 0 nitrogen and oxygen atoms in total. The molecule has 0 heterocycles. The summed E-state index contributed by atoms with van der Waals surface area (Å²) in [6.45, 7) is 8.88. The first kappa shape index (κ1) is 44.9. The number of fused-ring (bicyclic) bond motifs is 2. The minimum absolute atomic E-state index is 0.826. The summed E-state index contributed by atoms with van der Waals surface area (Å²) in [5, 5.41) is 5.65. The second-order valence-corrected chi connectivity index (χ2v) is 21.0. The van der Waals surface area contributed by atoms with Gasteiger partial charge in [-0.05, 0) is 59.8 Å². The number of benzene rings is 4. The Balaban J connectivity index is 0.000000180. The van der Waals surface area contributed by atoms with Gasteiger partial charge >= 0.3 is 37.9 Å². The molecule has 6 aromatic rings. The van der Waals surface area contributed by atoms with E-state index >= 15 is 0 Å². The van der Waals surface area contributed by atoms with E-state index in [1.165, 1.54) is 156 Å². The van der Waals surface area contributed by atoms with Crippen LogP contribution in [0.2, 0.25) is 12.6 Å². The van der Waals surface area contributed by atoms with Gasteiger partial charge in [-0.15, -0.1) is 69.1 Å². The van der Waals surface area contributed by atoms with Crippen LogP contribution in [0.5, 0.6) is 0 Å². The van der Waals surface area contributed by atoms with Gasteiger partial charge in [0, 0.05) is 9.52 Å². The minimum atomic E-state index is -0.826. The Morgan fingerprint density at radius 3 is 1.29 bits per heavy atom. The van der Waals surface area contributed by atoms with Gasteiger partial charge in [0.2, 0.25) is 0 Å². The molecule has 0 saturated heterocycles. The van der Waals surface area contributed by atoms with Crippen LogP contribution < -0.4 is 0 Å². The fourth-order valence-electron chi connectivity index (χ4n) is 8.87. The normalized spacial score (nSPS) is 14.5. The van der Waals surface area contributed by atoms with E-state index in [1.54, 1.807) is 0 Å². The van der Waals surface area contributed by atoms with Gasteiger partial charge < -0.3 is 0 Å². The summed E-state index contributed by atoms with van der Waals surface area (Å²) in [6, 6.07) is 42.8. The molecule has 2 radical (unpaired) electrons. The third-order valence-corrected chi connectivity index (χ3v) is 13.0. The van der Waals surface area contributed by atoms with Crippen LogP contribution in [0.25, 0.3) is 43.8 Å². The quantitative estimate of drug-likeness (QED) is 0.0950. The number of rotatable bonds is 10. The maximum absolute atomic E-state index is 4.93. The molecule has 2 aliphatic carbocycles. The fourth-order valence-corrected chi connectivity index (χ4v) is 9.37. The number of hydrogen-bond acceptors (Lipinski definition) is 0. The number of hydrogen-bond donors (Lipinski definition) is 0. The van der Waals surface area contributed by atoms with Gasteiger partial charge in [0.1, 0.15) is 0 Å². The van der Waals surface area contributed by atoms with Gasteiger partial charge in [0.15, 0.2) is 0 Å². The first-order valence-corrected chi connectivity index (χ1v) is 29.7. The molecule has 8 rings (SSSR count). The van der Waals surface area contributed by atoms with Crippen molar-refractivity contribution in [2.75, 3.05) is 0 Å². The van der Waals surface area contributed by atoms with Crippen molar-refractivity contribution in [1.82, 2.24) is 0 Å². The van der Waals surface area contributed by atoms with Crippen molar-refractivity contribution in [3.63, 3.8) is 0 Å². The maximum atomic E-state index is 4.93. The van der Waals surface area contributed by atoms with Gasteiger partial charge in [0.25, 0.3) is 0 Å². The Morgan fingerprint density at radius 1 is 0.571 bits per heavy atom. The number of aryl methyl sites for hydroxylation is 2. The molecule has 0 unspecified atom stereocenters. The average Bonchev–Trinajstić information content (AvgIpc) is 3.86. The average molecular weight is 879 g/mol. The molecule has 0 amide bonds. The van der Waals surface area contributed by atoms with Crippen molar-refractivity contribution < 1.29 is 20.8 Å². The summed E-state index contributed by atoms with van der Waals surface area (Å²) in [4.78, 5) is 0. The molecule has 2 saturated carbocycles. The Morgan fingerprint density at radius 2 is 0.964 bits per heavy atom. The second kappa shape index (κ2) is 24.6. The molecule has 0 N–H and O–H groups in total. The van der Waals surface area contributed by atoms with Gasteiger partial charge in [0.05, 0.1) is 0 Å². The van der Waals surface area contributed by atoms with Crippen LogP contribution in [0, 0.1) is 11.8 Å². The standard InChI is InChI=1S/2C24H27.C4H10Si.2ClH.Zr/c2*1-2-18-11-13-21(14-12-18)23-10-6-9-22-16-20(17-24(22)23)15-19-7-4-3-5-8-19;1-3-4-5-2;;;/h2*6,9-14,16-17,19H,2-5,7-8,15H2,1H3;3-4H2,1-2H3;2*1H;/q2*-1;;;;+4/p-2. The molecule has 294 valence electrons. The molecule has 0 aliphatic heterocycles. The predicted octanol–water partition coefficient (Wildman–Crippen LogP) is 16.8. The predicted molar refractivity (Wildman–Crippen MR) is 248 cm³/mol. The second-order valence-electron chi connectivity index (χ2n) is 16.0. The molecule has 6 aromatic carbocycles. The molecule has 0 atom stereocenters. The van der Waals surface area contributed by atoms with E-state index in [0.717, 1.165) is 34.2 Å². The van der Waals surface area contributed by atoms with Crippen LogP contribution in [0.1, 0.15) is 114 Å². The molecule has 0 spiro atoms. The molecule has 0 bridgehead atoms. The van der Waals surface area contributed by atoms with Crippen molar-refractivity contribution in [3.8, 4) is 22.3 Å². The molecular weight excluding hydrogens is 815 g/mol. The summed E-state index contributed by atoms with van der Waals surface area (Å²) in [5.74, 6) is 1.81. The van der Waals surface area contributed by atoms with Crippen molar-refractivity contribution in [2.45, 2.75) is 130 Å². The topological polar surface area (TPSA) is 0 Å². The van der Waals surface area contributed by atoms with Crippen molar-refractivity contribution in [3.05, 3.63) is 131 Å². The molecule has 2 fully saturated rings.